The van der Waals surface area contributed by atoms with Crippen molar-refractivity contribution >= 4 is 23.4 Å². The molecule has 1 aliphatic heterocycles. The lowest BCUT2D eigenvalue weighted by atomic mass is 9.94. The number of nitrogens with zero attached hydrogens (tertiary/aromatic N) is 3. The standard InChI is InChI=1S/C24H27N3O4/c1-5-26(17-9-7-6-8-10-17)15-20-21(22(28)29)18-12-11-16(14-25)13-19(18)27(20)23(30)31-24(2,3)4/h6-13,20-21H,5,15H2,1-4H3,(H,28,29). The third-order valence-electron chi connectivity index (χ3n) is 5.24. The molecule has 3 rings (SSSR count). The Balaban J connectivity index is 2.09. The molecule has 1 heterocycles. The molecule has 0 fully saturated rings. The Hall–Kier alpha value is -3.53. The summed E-state index contributed by atoms with van der Waals surface area (Å²) in [5.74, 6) is -1.96. The molecule has 0 radical (unpaired) electrons. The summed E-state index contributed by atoms with van der Waals surface area (Å²) < 4.78 is 5.62. The van der Waals surface area contributed by atoms with Crippen LogP contribution in [0.15, 0.2) is 48.5 Å². The summed E-state index contributed by atoms with van der Waals surface area (Å²) in [4.78, 5) is 29.0. The molecule has 2 aromatic carbocycles. The van der Waals surface area contributed by atoms with Gasteiger partial charge in [-0.3, -0.25) is 9.69 Å². The monoisotopic (exact) mass is 421 g/mol. The van der Waals surface area contributed by atoms with Gasteiger partial charge < -0.3 is 14.7 Å². The van der Waals surface area contributed by atoms with E-state index in [0.29, 0.717) is 29.9 Å². The van der Waals surface area contributed by atoms with Crippen molar-refractivity contribution in [1.29, 1.82) is 5.26 Å². The SMILES string of the molecule is CCN(CC1C(C(=O)O)c2ccc(C#N)cc2N1C(=O)OC(C)(C)C)c1ccccc1. The number of fused-ring (bicyclic) bond motifs is 1. The molecule has 1 aliphatic rings. The van der Waals surface area contributed by atoms with E-state index in [9.17, 15) is 20.0 Å². The average molecular weight is 421 g/mol. The van der Waals surface area contributed by atoms with Crippen LogP contribution in [0.25, 0.3) is 0 Å². The van der Waals surface area contributed by atoms with E-state index < -0.39 is 29.6 Å². The second-order valence-electron chi connectivity index (χ2n) is 8.49. The number of hydrogen-bond acceptors (Lipinski definition) is 5. The Bertz CT molecular complexity index is 1010. The van der Waals surface area contributed by atoms with Crippen molar-refractivity contribution in [1.82, 2.24) is 0 Å². The van der Waals surface area contributed by atoms with Crippen LogP contribution in [0.1, 0.15) is 44.7 Å². The highest BCUT2D eigenvalue weighted by atomic mass is 16.6. The van der Waals surface area contributed by atoms with Crippen molar-refractivity contribution in [2.45, 2.75) is 45.3 Å². The summed E-state index contributed by atoms with van der Waals surface area (Å²) in [6.45, 7) is 8.21. The van der Waals surface area contributed by atoms with E-state index in [-0.39, 0.29) is 0 Å². The zero-order valence-electron chi connectivity index (χ0n) is 18.2. The lowest BCUT2D eigenvalue weighted by molar-refractivity contribution is -0.139. The Labute approximate surface area is 182 Å². The second-order valence-corrected chi connectivity index (χ2v) is 8.49. The first-order chi connectivity index (χ1) is 14.7. The maximum Gasteiger partial charge on any atom is 0.415 e. The molecule has 7 nitrogen and oxygen atoms in total. The minimum Gasteiger partial charge on any atom is -0.481 e. The lowest BCUT2D eigenvalue weighted by Crippen LogP contribution is -2.49. The molecule has 0 aliphatic carbocycles. The highest BCUT2D eigenvalue weighted by Gasteiger charge is 2.47. The van der Waals surface area contributed by atoms with Crippen LogP contribution < -0.4 is 9.80 Å². The van der Waals surface area contributed by atoms with Crippen LogP contribution in [0.3, 0.4) is 0 Å². The summed E-state index contributed by atoms with van der Waals surface area (Å²) in [6.07, 6.45) is -0.623. The molecule has 2 atom stereocenters. The number of amides is 1. The zero-order chi connectivity index (χ0) is 22.8. The summed E-state index contributed by atoms with van der Waals surface area (Å²) in [6, 6.07) is 15.8. The Morgan fingerprint density at radius 3 is 2.42 bits per heavy atom. The van der Waals surface area contributed by atoms with E-state index in [0.717, 1.165) is 5.69 Å². The molecule has 0 saturated carbocycles. The first-order valence-electron chi connectivity index (χ1n) is 10.2. The van der Waals surface area contributed by atoms with E-state index >= 15 is 0 Å². The van der Waals surface area contributed by atoms with Crippen LogP contribution in [-0.2, 0) is 9.53 Å². The quantitative estimate of drug-likeness (QED) is 0.770. The summed E-state index contributed by atoms with van der Waals surface area (Å²) in [7, 11) is 0. The van der Waals surface area contributed by atoms with Gasteiger partial charge in [-0.25, -0.2) is 4.79 Å². The number of nitriles is 1. The highest BCUT2D eigenvalue weighted by Crippen LogP contribution is 2.43. The van der Waals surface area contributed by atoms with Crippen LogP contribution in [0, 0.1) is 11.3 Å². The molecule has 0 bridgehead atoms. The van der Waals surface area contributed by atoms with Gasteiger partial charge in [0.15, 0.2) is 0 Å². The minimum atomic E-state index is -1.02. The topological polar surface area (TPSA) is 93.9 Å². The van der Waals surface area contributed by atoms with Gasteiger partial charge in [-0.2, -0.15) is 5.26 Å². The predicted molar refractivity (Wildman–Crippen MR) is 118 cm³/mol. The van der Waals surface area contributed by atoms with E-state index in [1.165, 1.54) is 4.90 Å². The van der Waals surface area contributed by atoms with E-state index in [4.69, 9.17) is 4.74 Å². The minimum absolute atomic E-state index is 0.299. The molecular formula is C24H27N3O4. The third-order valence-corrected chi connectivity index (χ3v) is 5.24. The fourth-order valence-electron chi connectivity index (χ4n) is 3.93. The van der Waals surface area contributed by atoms with Gasteiger partial charge in [-0.15, -0.1) is 0 Å². The Morgan fingerprint density at radius 2 is 1.87 bits per heavy atom. The van der Waals surface area contributed by atoms with Gasteiger partial charge in [0, 0.05) is 18.8 Å². The highest BCUT2D eigenvalue weighted by molar-refractivity contribution is 5.97. The van der Waals surface area contributed by atoms with Crippen LogP contribution in [0.5, 0.6) is 0 Å². The second kappa shape index (κ2) is 8.68. The fraction of sp³-hybridized carbons (Fsp3) is 0.375. The van der Waals surface area contributed by atoms with Crippen molar-refractivity contribution in [3.63, 3.8) is 0 Å². The molecule has 1 amide bonds. The first kappa shape index (κ1) is 22.2. The van der Waals surface area contributed by atoms with Crippen molar-refractivity contribution < 1.29 is 19.4 Å². The summed E-state index contributed by atoms with van der Waals surface area (Å²) in [5, 5.41) is 19.4. The number of carboxylic acids is 1. The van der Waals surface area contributed by atoms with E-state index in [1.54, 1.807) is 39.0 Å². The molecule has 162 valence electrons. The Morgan fingerprint density at radius 1 is 1.19 bits per heavy atom. The van der Waals surface area contributed by atoms with Crippen molar-refractivity contribution in [3.05, 3.63) is 59.7 Å². The van der Waals surface area contributed by atoms with Crippen LogP contribution >= 0.6 is 0 Å². The molecule has 2 aromatic rings. The van der Waals surface area contributed by atoms with Gasteiger partial charge in [-0.05, 0) is 57.5 Å². The number of ether oxygens (including phenoxy) is 1. The lowest BCUT2D eigenvalue weighted by Gasteiger charge is -2.34. The maximum atomic E-state index is 13.2. The van der Waals surface area contributed by atoms with Gasteiger partial charge in [0.05, 0.1) is 23.4 Å². The number of anilines is 2. The molecule has 1 N–H and O–H groups in total. The largest absolute Gasteiger partial charge is 0.481 e. The predicted octanol–water partition coefficient (Wildman–Crippen LogP) is 4.38. The van der Waals surface area contributed by atoms with E-state index in [1.807, 2.05) is 42.2 Å². The van der Waals surface area contributed by atoms with Crippen molar-refractivity contribution in [2.75, 3.05) is 22.9 Å². The van der Waals surface area contributed by atoms with Crippen molar-refractivity contribution in [2.24, 2.45) is 0 Å². The molecular weight excluding hydrogens is 394 g/mol. The average Bonchev–Trinajstić information content (AvgIpc) is 3.04. The zero-order valence-corrected chi connectivity index (χ0v) is 18.2. The maximum absolute atomic E-state index is 13.2. The molecule has 2 unspecified atom stereocenters. The smallest absolute Gasteiger partial charge is 0.415 e. The number of carbonyl (C=O) groups excluding carboxylic acids is 1. The number of aliphatic carboxylic acids is 1. The molecule has 0 saturated heterocycles. The molecule has 0 spiro atoms. The van der Waals surface area contributed by atoms with E-state index in [2.05, 4.69) is 6.07 Å². The number of carboxylic acid groups (broad SMARTS) is 1. The third kappa shape index (κ3) is 4.64. The number of benzene rings is 2. The summed E-state index contributed by atoms with van der Waals surface area (Å²) in [5.41, 5.74) is 1.46. The number of rotatable bonds is 5. The number of likely N-dealkylation sites (N-methyl/N-ethyl adjacent to an activating group) is 1. The normalized spacial score (nSPS) is 17.6. The number of hydrogen-bond donors (Lipinski definition) is 1. The molecule has 31 heavy (non-hydrogen) atoms. The number of carbonyl (C=O) groups is 2. The fourth-order valence-corrected chi connectivity index (χ4v) is 3.93. The van der Waals surface area contributed by atoms with Crippen LogP contribution in [0.4, 0.5) is 16.2 Å². The molecule has 0 aromatic heterocycles. The molecule has 7 heteroatoms. The van der Waals surface area contributed by atoms with Gasteiger partial charge in [-0.1, -0.05) is 24.3 Å². The van der Waals surface area contributed by atoms with Gasteiger partial charge in [0.1, 0.15) is 11.5 Å². The van der Waals surface area contributed by atoms with Crippen LogP contribution in [-0.4, -0.2) is 41.9 Å². The van der Waals surface area contributed by atoms with Gasteiger partial charge in [0.25, 0.3) is 0 Å². The Kier molecular flexibility index (Phi) is 6.21. The first-order valence-corrected chi connectivity index (χ1v) is 10.2. The van der Waals surface area contributed by atoms with Crippen LogP contribution in [0.2, 0.25) is 0 Å². The number of para-hydroxylation sites is 1. The summed E-state index contributed by atoms with van der Waals surface area (Å²) >= 11 is 0. The van der Waals surface area contributed by atoms with Gasteiger partial charge in [0.2, 0.25) is 0 Å². The van der Waals surface area contributed by atoms with Gasteiger partial charge >= 0.3 is 12.1 Å². The van der Waals surface area contributed by atoms with Crippen molar-refractivity contribution in [3.8, 4) is 6.07 Å².